The average Bonchev–Trinajstić information content (AvgIpc) is 2.75. The summed E-state index contributed by atoms with van der Waals surface area (Å²) in [6.07, 6.45) is 7.88. The predicted octanol–water partition coefficient (Wildman–Crippen LogP) is 3.21. The van der Waals surface area contributed by atoms with E-state index < -0.39 is 5.91 Å². The molecule has 1 amide bonds. The number of primary amides is 1. The number of aromatic nitrogens is 1. The van der Waals surface area contributed by atoms with Crippen molar-refractivity contribution in [2.75, 3.05) is 32.7 Å². The molecule has 0 bridgehead atoms. The van der Waals surface area contributed by atoms with Gasteiger partial charge in [-0.25, -0.2) is 4.98 Å². The number of ether oxygens (including phenoxy) is 1. The molecule has 6 nitrogen and oxygen atoms in total. The summed E-state index contributed by atoms with van der Waals surface area (Å²) in [5.41, 5.74) is 8.36. The SMILES string of the molecule is NC(=O)c1ccc(Oc2ccc3c(c2)CCN(CCCN2CCCCC2)C3)nc1. The van der Waals surface area contributed by atoms with Crippen molar-refractivity contribution in [2.45, 2.75) is 38.6 Å². The quantitative estimate of drug-likeness (QED) is 0.781. The van der Waals surface area contributed by atoms with Crippen molar-refractivity contribution < 1.29 is 9.53 Å². The second-order valence-electron chi connectivity index (χ2n) is 8.06. The molecular formula is C23H30N4O2. The highest BCUT2D eigenvalue weighted by Crippen LogP contribution is 2.26. The maximum atomic E-state index is 11.1. The van der Waals surface area contributed by atoms with E-state index in [0.717, 1.165) is 25.3 Å². The van der Waals surface area contributed by atoms with E-state index in [-0.39, 0.29) is 0 Å². The first-order chi connectivity index (χ1) is 14.2. The molecule has 2 aromatic rings. The Morgan fingerprint density at radius 1 is 1.00 bits per heavy atom. The van der Waals surface area contributed by atoms with Crippen molar-refractivity contribution >= 4 is 5.91 Å². The Labute approximate surface area is 172 Å². The Kier molecular flexibility index (Phi) is 6.42. The van der Waals surface area contributed by atoms with Crippen molar-refractivity contribution in [3.63, 3.8) is 0 Å². The van der Waals surface area contributed by atoms with Gasteiger partial charge in [0.05, 0.1) is 5.56 Å². The minimum absolute atomic E-state index is 0.378. The van der Waals surface area contributed by atoms with Gasteiger partial charge in [0.2, 0.25) is 11.8 Å². The highest BCUT2D eigenvalue weighted by atomic mass is 16.5. The molecule has 2 aliphatic heterocycles. The van der Waals surface area contributed by atoms with Crippen LogP contribution in [-0.2, 0) is 13.0 Å². The molecule has 0 unspecified atom stereocenters. The topological polar surface area (TPSA) is 71.7 Å². The Balaban J connectivity index is 1.29. The summed E-state index contributed by atoms with van der Waals surface area (Å²) in [6, 6.07) is 9.58. The van der Waals surface area contributed by atoms with E-state index in [4.69, 9.17) is 10.5 Å². The predicted molar refractivity (Wildman–Crippen MR) is 113 cm³/mol. The number of likely N-dealkylation sites (tertiary alicyclic amines) is 1. The lowest BCUT2D eigenvalue weighted by atomic mass is 9.99. The number of carbonyl (C=O) groups excluding carboxylic acids is 1. The third-order valence-corrected chi connectivity index (χ3v) is 5.91. The van der Waals surface area contributed by atoms with Crippen LogP contribution in [0.25, 0.3) is 0 Å². The number of hydrogen-bond acceptors (Lipinski definition) is 5. The second-order valence-corrected chi connectivity index (χ2v) is 8.06. The van der Waals surface area contributed by atoms with Crippen molar-refractivity contribution in [1.82, 2.24) is 14.8 Å². The number of carbonyl (C=O) groups is 1. The smallest absolute Gasteiger partial charge is 0.250 e. The van der Waals surface area contributed by atoms with Crippen LogP contribution in [0, 0.1) is 0 Å². The molecule has 154 valence electrons. The van der Waals surface area contributed by atoms with E-state index in [1.54, 1.807) is 12.1 Å². The van der Waals surface area contributed by atoms with Gasteiger partial charge in [-0.2, -0.15) is 0 Å². The number of fused-ring (bicyclic) bond motifs is 1. The van der Waals surface area contributed by atoms with E-state index in [9.17, 15) is 4.79 Å². The van der Waals surface area contributed by atoms with Crippen LogP contribution in [0.3, 0.4) is 0 Å². The fourth-order valence-corrected chi connectivity index (χ4v) is 4.25. The summed E-state index contributed by atoms with van der Waals surface area (Å²) in [5.74, 6) is 0.755. The minimum atomic E-state index is -0.488. The Morgan fingerprint density at radius 2 is 1.83 bits per heavy atom. The van der Waals surface area contributed by atoms with Gasteiger partial charge in [-0.1, -0.05) is 12.5 Å². The maximum Gasteiger partial charge on any atom is 0.250 e. The number of amides is 1. The van der Waals surface area contributed by atoms with E-state index in [1.807, 2.05) is 6.07 Å². The highest BCUT2D eigenvalue weighted by Gasteiger charge is 2.17. The van der Waals surface area contributed by atoms with Crippen LogP contribution in [0.1, 0.15) is 47.2 Å². The van der Waals surface area contributed by atoms with Gasteiger partial charge in [0.25, 0.3) is 0 Å². The molecule has 29 heavy (non-hydrogen) atoms. The molecule has 2 aliphatic rings. The molecule has 0 radical (unpaired) electrons. The molecule has 4 rings (SSSR count). The summed E-state index contributed by atoms with van der Waals surface area (Å²) < 4.78 is 5.86. The lowest BCUT2D eigenvalue weighted by molar-refractivity contribution is 0.1000. The number of hydrogen-bond donors (Lipinski definition) is 1. The van der Waals surface area contributed by atoms with Gasteiger partial charge in [-0.15, -0.1) is 0 Å². The van der Waals surface area contributed by atoms with Gasteiger partial charge in [0.15, 0.2) is 0 Å². The molecule has 6 heteroatoms. The van der Waals surface area contributed by atoms with Crippen LogP contribution in [0.5, 0.6) is 11.6 Å². The first kappa shape index (κ1) is 19.9. The molecule has 0 saturated carbocycles. The first-order valence-electron chi connectivity index (χ1n) is 10.7. The molecular weight excluding hydrogens is 364 g/mol. The number of benzene rings is 1. The number of piperidine rings is 1. The zero-order chi connectivity index (χ0) is 20.1. The molecule has 1 aromatic carbocycles. The van der Waals surface area contributed by atoms with Crippen molar-refractivity contribution in [1.29, 1.82) is 0 Å². The number of nitrogens with two attached hydrogens (primary N) is 1. The monoisotopic (exact) mass is 394 g/mol. The van der Waals surface area contributed by atoms with Gasteiger partial charge < -0.3 is 15.4 Å². The Morgan fingerprint density at radius 3 is 2.59 bits per heavy atom. The number of nitrogens with zero attached hydrogens (tertiary/aromatic N) is 3. The molecule has 0 spiro atoms. The lowest BCUT2D eigenvalue weighted by Crippen LogP contribution is -2.35. The van der Waals surface area contributed by atoms with Crippen LogP contribution in [-0.4, -0.2) is 53.4 Å². The Bertz CT molecular complexity index is 831. The normalized spacial score (nSPS) is 17.7. The van der Waals surface area contributed by atoms with Gasteiger partial charge >= 0.3 is 0 Å². The molecule has 0 atom stereocenters. The summed E-state index contributed by atoms with van der Waals surface area (Å²) >= 11 is 0. The zero-order valence-corrected chi connectivity index (χ0v) is 17.0. The fourth-order valence-electron chi connectivity index (χ4n) is 4.25. The zero-order valence-electron chi connectivity index (χ0n) is 17.0. The van der Waals surface area contributed by atoms with Crippen LogP contribution >= 0.6 is 0 Å². The average molecular weight is 395 g/mol. The molecule has 2 N–H and O–H groups in total. The van der Waals surface area contributed by atoms with E-state index >= 15 is 0 Å². The third-order valence-electron chi connectivity index (χ3n) is 5.91. The number of rotatable bonds is 7. The van der Waals surface area contributed by atoms with Gasteiger partial charge in [-0.3, -0.25) is 9.69 Å². The molecule has 1 fully saturated rings. The first-order valence-corrected chi connectivity index (χ1v) is 10.7. The third kappa shape index (κ3) is 5.34. The largest absolute Gasteiger partial charge is 0.439 e. The summed E-state index contributed by atoms with van der Waals surface area (Å²) in [5, 5.41) is 0. The molecule has 3 heterocycles. The van der Waals surface area contributed by atoms with Crippen LogP contribution in [0.2, 0.25) is 0 Å². The summed E-state index contributed by atoms with van der Waals surface area (Å²) in [7, 11) is 0. The van der Waals surface area contributed by atoms with Crippen LogP contribution in [0.4, 0.5) is 0 Å². The van der Waals surface area contributed by atoms with Crippen molar-refractivity contribution in [3.8, 4) is 11.6 Å². The second kappa shape index (κ2) is 9.37. The standard InChI is InChI=1S/C23H30N4O2/c24-23(28)19-6-8-22(25-16-19)29-21-7-5-20-17-27(14-9-18(20)15-21)13-4-12-26-10-2-1-3-11-26/h5-8,15-16H,1-4,9-14,17H2,(H2,24,28). The highest BCUT2D eigenvalue weighted by molar-refractivity contribution is 5.92. The minimum Gasteiger partial charge on any atom is -0.439 e. The molecule has 0 aliphatic carbocycles. The van der Waals surface area contributed by atoms with E-state index in [2.05, 4.69) is 26.9 Å². The fraction of sp³-hybridized carbons (Fsp3) is 0.478. The van der Waals surface area contributed by atoms with Crippen LogP contribution < -0.4 is 10.5 Å². The number of pyridine rings is 1. The van der Waals surface area contributed by atoms with E-state index in [0.29, 0.717) is 11.4 Å². The summed E-state index contributed by atoms with van der Waals surface area (Å²) in [4.78, 5) is 20.5. The van der Waals surface area contributed by atoms with Crippen molar-refractivity contribution in [3.05, 3.63) is 53.2 Å². The van der Waals surface area contributed by atoms with E-state index in [1.165, 1.54) is 69.2 Å². The molecule has 1 saturated heterocycles. The maximum absolute atomic E-state index is 11.1. The van der Waals surface area contributed by atoms with Gasteiger partial charge in [0, 0.05) is 25.4 Å². The van der Waals surface area contributed by atoms with Crippen LogP contribution in [0.15, 0.2) is 36.5 Å². The van der Waals surface area contributed by atoms with Gasteiger partial charge in [-0.05, 0) is 81.2 Å². The van der Waals surface area contributed by atoms with Crippen molar-refractivity contribution in [2.24, 2.45) is 5.73 Å². The van der Waals surface area contributed by atoms with Gasteiger partial charge in [0.1, 0.15) is 5.75 Å². The lowest BCUT2D eigenvalue weighted by Gasteiger charge is -2.31. The Hall–Kier alpha value is -2.44. The molecule has 1 aromatic heterocycles. The summed E-state index contributed by atoms with van der Waals surface area (Å²) in [6.45, 7) is 7.09.